The van der Waals surface area contributed by atoms with Gasteiger partial charge in [-0.15, -0.1) is 0 Å². The SMILES string of the molecule is C[C@@H](O)CNS(=O)(=O)c1ccc(N)cc1C(=O)O. The van der Waals surface area contributed by atoms with Crippen molar-refractivity contribution in [3.63, 3.8) is 0 Å². The van der Waals surface area contributed by atoms with Gasteiger partial charge in [0.2, 0.25) is 10.0 Å². The highest BCUT2D eigenvalue weighted by atomic mass is 32.2. The van der Waals surface area contributed by atoms with Gasteiger partial charge in [-0.05, 0) is 25.1 Å². The monoisotopic (exact) mass is 274 g/mol. The summed E-state index contributed by atoms with van der Waals surface area (Å²) in [6.45, 7) is 1.20. The first kappa shape index (κ1) is 14.4. The third-order valence-electron chi connectivity index (χ3n) is 2.09. The van der Waals surface area contributed by atoms with Crippen molar-refractivity contribution >= 4 is 21.7 Å². The highest BCUT2D eigenvalue weighted by Crippen LogP contribution is 2.18. The first-order valence-electron chi connectivity index (χ1n) is 5.04. The predicted molar refractivity (Wildman–Crippen MR) is 64.7 cm³/mol. The minimum Gasteiger partial charge on any atom is -0.478 e. The number of hydrogen-bond acceptors (Lipinski definition) is 5. The Bertz CT molecular complexity index is 553. The van der Waals surface area contributed by atoms with Crippen LogP contribution in [0.3, 0.4) is 0 Å². The van der Waals surface area contributed by atoms with Crippen molar-refractivity contribution in [2.75, 3.05) is 12.3 Å². The molecule has 1 atom stereocenters. The molecule has 0 unspecified atom stereocenters. The molecule has 100 valence electrons. The van der Waals surface area contributed by atoms with Gasteiger partial charge in [0.1, 0.15) is 0 Å². The number of nitrogens with one attached hydrogen (secondary N) is 1. The van der Waals surface area contributed by atoms with Crippen molar-refractivity contribution < 1.29 is 23.4 Å². The Morgan fingerprint density at radius 2 is 2.11 bits per heavy atom. The molecule has 0 fully saturated rings. The Balaban J connectivity index is 3.20. The molecule has 1 aromatic carbocycles. The van der Waals surface area contributed by atoms with Gasteiger partial charge in [0.15, 0.2) is 0 Å². The lowest BCUT2D eigenvalue weighted by Gasteiger charge is -2.11. The molecule has 18 heavy (non-hydrogen) atoms. The molecule has 7 nitrogen and oxygen atoms in total. The predicted octanol–water partition coefficient (Wildman–Crippen LogP) is -0.374. The second-order valence-corrected chi connectivity index (χ2v) is 5.50. The van der Waals surface area contributed by atoms with Gasteiger partial charge in [-0.25, -0.2) is 17.9 Å². The van der Waals surface area contributed by atoms with Crippen molar-refractivity contribution in [1.29, 1.82) is 0 Å². The quantitative estimate of drug-likeness (QED) is 0.542. The van der Waals surface area contributed by atoms with E-state index in [4.69, 9.17) is 15.9 Å². The Labute approximate surface area is 104 Å². The van der Waals surface area contributed by atoms with E-state index < -0.39 is 27.7 Å². The van der Waals surface area contributed by atoms with Crippen LogP contribution in [0.1, 0.15) is 17.3 Å². The molecule has 0 amide bonds. The van der Waals surface area contributed by atoms with Gasteiger partial charge < -0.3 is 15.9 Å². The topological polar surface area (TPSA) is 130 Å². The molecule has 0 saturated carbocycles. The fourth-order valence-electron chi connectivity index (χ4n) is 1.26. The smallest absolute Gasteiger partial charge is 0.337 e. The third-order valence-corrected chi connectivity index (χ3v) is 3.57. The lowest BCUT2D eigenvalue weighted by atomic mass is 10.2. The first-order chi connectivity index (χ1) is 8.24. The molecular formula is C10H14N2O5S. The van der Waals surface area contributed by atoms with Crippen molar-refractivity contribution in [2.45, 2.75) is 17.9 Å². The van der Waals surface area contributed by atoms with Crippen LogP contribution in [0.2, 0.25) is 0 Å². The fraction of sp³-hybridized carbons (Fsp3) is 0.300. The lowest BCUT2D eigenvalue weighted by Crippen LogP contribution is -2.31. The Kier molecular flexibility index (Phi) is 4.28. The number of rotatable bonds is 5. The summed E-state index contributed by atoms with van der Waals surface area (Å²) >= 11 is 0. The maximum Gasteiger partial charge on any atom is 0.337 e. The van der Waals surface area contributed by atoms with Crippen LogP contribution in [-0.2, 0) is 10.0 Å². The molecule has 0 aliphatic rings. The van der Waals surface area contributed by atoms with Crippen molar-refractivity contribution in [3.05, 3.63) is 23.8 Å². The minimum absolute atomic E-state index is 0.155. The number of nitrogen functional groups attached to an aromatic ring is 1. The van der Waals surface area contributed by atoms with E-state index in [0.29, 0.717) is 0 Å². The zero-order valence-electron chi connectivity index (χ0n) is 9.62. The normalized spacial score (nSPS) is 13.2. The number of anilines is 1. The molecule has 0 spiro atoms. The number of sulfonamides is 1. The molecule has 0 aliphatic heterocycles. The largest absolute Gasteiger partial charge is 0.478 e. The number of aliphatic hydroxyl groups excluding tert-OH is 1. The fourth-order valence-corrected chi connectivity index (χ4v) is 2.56. The van der Waals surface area contributed by atoms with Crippen LogP contribution in [0.5, 0.6) is 0 Å². The molecule has 0 bridgehead atoms. The van der Waals surface area contributed by atoms with E-state index in [1.54, 1.807) is 0 Å². The zero-order valence-corrected chi connectivity index (χ0v) is 10.4. The summed E-state index contributed by atoms with van der Waals surface area (Å²) in [5.74, 6) is -1.39. The van der Waals surface area contributed by atoms with E-state index in [0.717, 1.165) is 12.1 Å². The highest BCUT2D eigenvalue weighted by molar-refractivity contribution is 7.89. The number of carboxylic acid groups (broad SMARTS) is 1. The Morgan fingerprint density at radius 1 is 1.50 bits per heavy atom. The van der Waals surface area contributed by atoms with Gasteiger partial charge in [-0.2, -0.15) is 0 Å². The molecule has 5 N–H and O–H groups in total. The Hall–Kier alpha value is -1.64. The summed E-state index contributed by atoms with van der Waals surface area (Å²) in [7, 11) is -3.99. The summed E-state index contributed by atoms with van der Waals surface area (Å²) in [6, 6.07) is 3.48. The van der Waals surface area contributed by atoms with Crippen LogP contribution in [0.4, 0.5) is 5.69 Å². The third kappa shape index (κ3) is 3.42. The lowest BCUT2D eigenvalue weighted by molar-refractivity contribution is 0.0692. The molecule has 0 aliphatic carbocycles. The van der Waals surface area contributed by atoms with Crippen LogP contribution in [0, 0.1) is 0 Å². The van der Waals surface area contributed by atoms with Crippen molar-refractivity contribution in [2.24, 2.45) is 0 Å². The van der Waals surface area contributed by atoms with Gasteiger partial charge in [0.05, 0.1) is 16.6 Å². The maximum absolute atomic E-state index is 11.8. The number of hydrogen-bond donors (Lipinski definition) is 4. The van der Waals surface area contributed by atoms with Crippen molar-refractivity contribution in [1.82, 2.24) is 4.72 Å². The van der Waals surface area contributed by atoms with Gasteiger partial charge >= 0.3 is 5.97 Å². The van der Waals surface area contributed by atoms with Crippen LogP contribution in [0.25, 0.3) is 0 Å². The van der Waals surface area contributed by atoms with Crippen LogP contribution in [0.15, 0.2) is 23.1 Å². The number of benzene rings is 1. The summed E-state index contributed by atoms with van der Waals surface area (Å²) in [4.78, 5) is 10.6. The van der Waals surface area contributed by atoms with Gasteiger partial charge in [-0.3, -0.25) is 0 Å². The highest BCUT2D eigenvalue weighted by Gasteiger charge is 2.22. The number of carboxylic acids is 1. The van der Waals surface area contributed by atoms with E-state index in [9.17, 15) is 13.2 Å². The zero-order chi connectivity index (χ0) is 13.9. The van der Waals surface area contributed by atoms with Crippen LogP contribution >= 0.6 is 0 Å². The van der Waals surface area contributed by atoms with E-state index in [1.807, 2.05) is 0 Å². The average Bonchev–Trinajstić information content (AvgIpc) is 2.26. The molecule has 0 heterocycles. The maximum atomic E-state index is 11.8. The molecule has 0 aromatic heterocycles. The second-order valence-electron chi connectivity index (χ2n) is 3.76. The first-order valence-corrected chi connectivity index (χ1v) is 6.53. The second kappa shape index (κ2) is 5.34. The van der Waals surface area contributed by atoms with Gasteiger partial charge in [-0.1, -0.05) is 0 Å². The van der Waals surface area contributed by atoms with Gasteiger partial charge in [0, 0.05) is 12.2 Å². The molecule has 0 saturated heterocycles. The molecule has 0 radical (unpaired) electrons. The summed E-state index contributed by atoms with van der Waals surface area (Å²) < 4.78 is 25.8. The summed E-state index contributed by atoms with van der Waals surface area (Å²) in [5.41, 5.74) is 5.16. The van der Waals surface area contributed by atoms with E-state index >= 15 is 0 Å². The van der Waals surface area contributed by atoms with E-state index in [1.165, 1.54) is 13.0 Å². The number of aliphatic hydroxyl groups is 1. The molecule has 8 heteroatoms. The molecule has 1 aromatic rings. The molecular weight excluding hydrogens is 260 g/mol. The van der Waals surface area contributed by atoms with E-state index in [-0.39, 0.29) is 17.1 Å². The van der Waals surface area contributed by atoms with E-state index in [2.05, 4.69) is 4.72 Å². The number of aromatic carboxylic acids is 1. The number of nitrogens with two attached hydrogens (primary N) is 1. The van der Waals surface area contributed by atoms with Gasteiger partial charge in [0.25, 0.3) is 0 Å². The Morgan fingerprint density at radius 3 is 2.61 bits per heavy atom. The number of carbonyl (C=O) groups is 1. The summed E-state index contributed by atoms with van der Waals surface area (Å²) in [5, 5.41) is 18.0. The van der Waals surface area contributed by atoms with Crippen molar-refractivity contribution in [3.8, 4) is 0 Å². The summed E-state index contributed by atoms with van der Waals surface area (Å²) in [6.07, 6.45) is -0.873. The van der Waals surface area contributed by atoms with Crippen LogP contribution in [-0.4, -0.2) is 37.2 Å². The average molecular weight is 274 g/mol. The standard InChI is InChI=1S/C10H14N2O5S/c1-6(13)5-12-18(16,17)9-3-2-7(11)4-8(9)10(14)15/h2-4,6,12-13H,5,11H2,1H3,(H,14,15)/t6-/m1/s1. The minimum atomic E-state index is -3.99. The van der Waals surface area contributed by atoms with Crippen LogP contribution < -0.4 is 10.5 Å². The molecule has 1 rings (SSSR count).